The highest BCUT2D eigenvalue weighted by Gasteiger charge is 2.26. The smallest absolute Gasteiger partial charge is 0.196 e. The van der Waals surface area contributed by atoms with Crippen LogP contribution in [0.25, 0.3) is 10.9 Å². The lowest BCUT2D eigenvalue weighted by molar-refractivity contribution is 0.103. The Hall–Kier alpha value is -4.13. The second-order valence-corrected chi connectivity index (χ2v) is 8.39. The second-order valence-electron chi connectivity index (χ2n) is 8.39. The van der Waals surface area contributed by atoms with E-state index in [9.17, 15) is 9.18 Å². The number of para-hydroxylation sites is 2. The number of methoxy groups -OCH3 is 2. The summed E-state index contributed by atoms with van der Waals surface area (Å²) in [5.41, 5.74) is 3.39. The molecule has 4 aromatic rings. The van der Waals surface area contributed by atoms with Crippen molar-refractivity contribution in [2.45, 2.75) is 0 Å². The summed E-state index contributed by atoms with van der Waals surface area (Å²) in [5, 5.41) is 0.634. The van der Waals surface area contributed by atoms with Crippen molar-refractivity contribution in [3.8, 4) is 11.5 Å². The SMILES string of the molecule is COc1ccc(C(=O)c2cnc3ccc(F)cc3c2N2CCN(c3ccccc3OC)CC2)cc1. The molecule has 1 aliphatic rings. The number of pyridine rings is 1. The molecule has 35 heavy (non-hydrogen) atoms. The predicted molar refractivity (Wildman–Crippen MR) is 136 cm³/mol. The molecule has 0 N–H and O–H groups in total. The summed E-state index contributed by atoms with van der Waals surface area (Å²) in [6, 6.07) is 19.4. The van der Waals surface area contributed by atoms with E-state index in [0.29, 0.717) is 40.9 Å². The number of fused-ring (bicyclic) bond motifs is 1. The predicted octanol–water partition coefficient (Wildman–Crippen LogP) is 4.95. The Morgan fingerprint density at radius 1 is 0.886 bits per heavy atom. The number of ether oxygens (including phenoxy) is 2. The Kier molecular flexibility index (Phi) is 6.23. The van der Waals surface area contributed by atoms with Gasteiger partial charge in [0.25, 0.3) is 0 Å². The average molecular weight is 472 g/mol. The van der Waals surface area contributed by atoms with Crippen LogP contribution in [0.15, 0.2) is 72.9 Å². The number of hydrogen-bond donors (Lipinski definition) is 0. The normalized spacial score (nSPS) is 13.7. The number of anilines is 2. The first-order valence-electron chi connectivity index (χ1n) is 11.5. The molecule has 7 heteroatoms. The van der Waals surface area contributed by atoms with Crippen LogP contribution in [-0.4, -0.2) is 51.2 Å². The largest absolute Gasteiger partial charge is 0.497 e. The van der Waals surface area contributed by atoms with E-state index < -0.39 is 0 Å². The molecule has 0 atom stereocenters. The minimum atomic E-state index is -0.359. The summed E-state index contributed by atoms with van der Waals surface area (Å²) in [7, 11) is 3.26. The molecule has 6 nitrogen and oxygen atoms in total. The van der Waals surface area contributed by atoms with E-state index in [4.69, 9.17) is 9.47 Å². The van der Waals surface area contributed by atoms with Gasteiger partial charge in [-0.1, -0.05) is 12.1 Å². The van der Waals surface area contributed by atoms with Crippen molar-refractivity contribution < 1.29 is 18.7 Å². The molecular weight excluding hydrogens is 445 g/mol. The van der Waals surface area contributed by atoms with Gasteiger partial charge >= 0.3 is 0 Å². The Balaban J connectivity index is 1.52. The van der Waals surface area contributed by atoms with E-state index in [1.54, 1.807) is 50.7 Å². The van der Waals surface area contributed by atoms with Crippen LogP contribution in [0.5, 0.6) is 11.5 Å². The van der Waals surface area contributed by atoms with E-state index >= 15 is 0 Å². The molecule has 0 aliphatic carbocycles. The molecule has 0 saturated carbocycles. The number of ketones is 1. The lowest BCUT2D eigenvalue weighted by Gasteiger charge is -2.38. The maximum absolute atomic E-state index is 14.3. The van der Waals surface area contributed by atoms with E-state index in [1.807, 2.05) is 24.3 Å². The molecule has 0 unspecified atom stereocenters. The molecule has 0 spiro atoms. The third-order valence-corrected chi connectivity index (χ3v) is 6.42. The zero-order valence-electron chi connectivity index (χ0n) is 19.7. The Bertz CT molecular complexity index is 1370. The van der Waals surface area contributed by atoms with Crippen molar-refractivity contribution >= 4 is 28.1 Å². The summed E-state index contributed by atoms with van der Waals surface area (Å²) in [4.78, 5) is 22.5. The number of carbonyl (C=O) groups is 1. The highest BCUT2D eigenvalue weighted by molar-refractivity contribution is 6.16. The third kappa shape index (κ3) is 4.37. The molecule has 2 heterocycles. The summed E-state index contributed by atoms with van der Waals surface area (Å²) in [6.45, 7) is 2.79. The number of carbonyl (C=O) groups excluding carboxylic acids is 1. The highest BCUT2D eigenvalue weighted by Crippen LogP contribution is 2.34. The number of piperazine rings is 1. The van der Waals surface area contributed by atoms with Gasteiger partial charge in [0.1, 0.15) is 17.3 Å². The van der Waals surface area contributed by atoms with Crippen LogP contribution in [-0.2, 0) is 0 Å². The fourth-order valence-electron chi connectivity index (χ4n) is 4.62. The molecule has 3 aromatic carbocycles. The first-order valence-corrected chi connectivity index (χ1v) is 11.5. The molecule has 0 radical (unpaired) electrons. The number of rotatable bonds is 6. The first-order chi connectivity index (χ1) is 17.1. The van der Waals surface area contributed by atoms with E-state index in [2.05, 4.69) is 14.8 Å². The molecule has 5 rings (SSSR count). The molecular formula is C28H26FN3O3. The molecule has 1 saturated heterocycles. The average Bonchev–Trinajstić information content (AvgIpc) is 2.92. The van der Waals surface area contributed by atoms with Crippen LogP contribution in [0.2, 0.25) is 0 Å². The molecule has 0 amide bonds. The van der Waals surface area contributed by atoms with Crippen molar-refractivity contribution in [2.75, 3.05) is 50.2 Å². The van der Waals surface area contributed by atoms with Gasteiger partial charge in [-0.25, -0.2) is 4.39 Å². The maximum Gasteiger partial charge on any atom is 0.196 e. The summed E-state index contributed by atoms with van der Waals surface area (Å²) in [5.74, 6) is 0.983. The topological polar surface area (TPSA) is 54.9 Å². The van der Waals surface area contributed by atoms with Crippen molar-refractivity contribution in [1.29, 1.82) is 0 Å². The first kappa shape index (κ1) is 22.7. The van der Waals surface area contributed by atoms with Gasteiger partial charge in [-0.3, -0.25) is 9.78 Å². The Morgan fingerprint density at radius 2 is 1.60 bits per heavy atom. The van der Waals surface area contributed by atoms with Crippen LogP contribution in [0.4, 0.5) is 15.8 Å². The van der Waals surface area contributed by atoms with Crippen molar-refractivity contribution in [3.05, 3.63) is 89.9 Å². The van der Waals surface area contributed by atoms with Crippen molar-refractivity contribution in [3.63, 3.8) is 0 Å². The maximum atomic E-state index is 14.3. The van der Waals surface area contributed by atoms with Crippen LogP contribution in [0, 0.1) is 5.82 Å². The molecule has 178 valence electrons. The van der Waals surface area contributed by atoms with Crippen LogP contribution >= 0.6 is 0 Å². The fraction of sp³-hybridized carbons (Fsp3) is 0.214. The number of benzene rings is 3. The zero-order valence-corrected chi connectivity index (χ0v) is 19.7. The lowest BCUT2D eigenvalue weighted by Crippen LogP contribution is -2.47. The quantitative estimate of drug-likeness (QED) is 0.371. The van der Waals surface area contributed by atoms with Crippen LogP contribution in [0.1, 0.15) is 15.9 Å². The van der Waals surface area contributed by atoms with Gasteiger partial charge < -0.3 is 19.3 Å². The second kappa shape index (κ2) is 9.62. The standard InChI is InChI=1S/C28H26FN3O3/c1-34-21-10-7-19(8-11-21)28(33)23-18-30-24-12-9-20(29)17-22(24)27(23)32-15-13-31(14-16-32)25-5-3-4-6-26(25)35-2/h3-12,17-18H,13-16H2,1-2H3. The van der Waals surface area contributed by atoms with Crippen molar-refractivity contribution in [2.24, 2.45) is 0 Å². The number of nitrogens with zero attached hydrogens (tertiary/aromatic N) is 3. The van der Waals surface area contributed by atoms with Gasteiger partial charge in [0, 0.05) is 43.3 Å². The Morgan fingerprint density at radius 3 is 2.31 bits per heavy atom. The van der Waals surface area contributed by atoms with Crippen LogP contribution in [0.3, 0.4) is 0 Å². The van der Waals surface area contributed by atoms with Gasteiger partial charge in [-0.05, 0) is 54.6 Å². The van der Waals surface area contributed by atoms with Gasteiger partial charge in [-0.2, -0.15) is 0 Å². The lowest BCUT2D eigenvalue weighted by atomic mass is 9.99. The minimum Gasteiger partial charge on any atom is -0.497 e. The van der Waals surface area contributed by atoms with Crippen LogP contribution < -0.4 is 19.3 Å². The summed E-state index contributed by atoms with van der Waals surface area (Å²) >= 11 is 0. The number of hydrogen-bond acceptors (Lipinski definition) is 6. The molecule has 1 aromatic heterocycles. The fourth-order valence-corrected chi connectivity index (χ4v) is 4.62. The molecule has 1 fully saturated rings. The van der Waals surface area contributed by atoms with E-state index in [-0.39, 0.29) is 11.6 Å². The molecule has 1 aliphatic heterocycles. The monoisotopic (exact) mass is 471 g/mol. The minimum absolute atomic E-state index is 0.159. The molecule has 0 bridgehead atoms. The van der Waals surface area contributed by atoms with Gasteiger partial charge in [0.15, 0.2) is 5.78 Å². The van der Waals surface area contributed by atoms with Gasteiger partial charge in [0.05, 0.1) is 36.7 Å². The Labute approximate surface area is 203 Å². The number of aromatic nitrogens is 1. The van der Waals surface area contributed by atoms with E-state index in [0.717, 1.165) is 30.2 Å². The summed E-state index contributed by atoms with van der Waals surface area (Å²) in [6.07, 6.45) is 1.61. The van der Waals surface area contributed by atoms with Crippen molar-refractivity contribution in [1.82, 2.24) is 4.98 Å². The highest BCUT2D eigenvalue weighted by atomic mass is 19.1. The third-order valence-electron chi connectivity index (χ3n) is 6.42. The number of halogens is 1. The van der Waals surface area contributed by atoms with Gasteiger partial charge in [-0.15, -0.1) is 0 Å². The zero-order chi connectivity index (χ0) is 24.4. The van der Waals surface area contributed by atoms with Gasteiger partial charge in [0.2, 0.25) is 0 Å². The summed E-state index contributed by atoms with van der Waals surface area (Å²) < 4.78 is 25.1. The van der Waals surface area contributed by atoms with E-state index in [1.165, 1.54) is 12.1 Å².